The van der Waals surface area contributed by atoms with Gasteiger partial charge in [0.25, 0.3) is 0 Å². The number of hydrogen-bond acceptors (Lipinski definition) is 10. The van der Waals surface area contributed by atoms with Crippen LogP contribution in [0.2, 0.25) is 0 Å². The maximum absolute atomic E-state index is 14.9. The number of carbonyl (C=O) groups is 6. The van der Waals surface area contributed by atoms with Crippen LogP contribution in [0.15, 0.2) is 157 Å². The zero-order valence-electron chi connectivity index (χ0n) is 32.6. The topological polar surface area (TPSA) is 181 Å². The first kappa shape index (κ1) is 40.5. The number of fused-ring (bicyclic) bond motifs is 1. The molecule has 3 saturated heterocycles. The van der Waals surface area contributed by atoms with Crippen LogP contribution < -0.4 is 11.1 Å². The van der Waals surface area contributed by atoms with Crippen LogP contribution >= 0.6 is 11.8 Å². The van der Waals surface area contributed by atoms with Gasteiger partial charge in [0, 0.05) is 0 Å². The summed E-state index contributed by atoms with van der Waals surface area (Å²) >= 11 is 0.915. The molecule has 0 bridgehead atoms. The highest BCUT2D eigenvalue weighted by atomic mass is 32.2. The number of urea groups is 2. The Labute approximate surface area is 355 Å². The molecule has 5 aromatic carbocycles. The van der Waals surface area contributed by atoms with Crippen molar-refractivity contribution in [3.8, 4) is 0 Å². The lowest BCUT2D eigenvalue weighted by Crippen LogP contribution is -2.68. The van der Waals surface area contributed by atoms with Gasteiger partial charge in [-0.05, 0) is 34.5 Å². The van der Waals surface area contributed by atoms with E-state index in [9.17, 15) is 28.8 Å². The van der Waals surface area contributed by atoms with Crippen molar-refractivity contribution in [2.75, 3.05) is 13.1 Å². The lowest BCUT2D eigenvalue weighted by molar-refractivity contribution is -0.159. The van der Waals surface area contributed by atoms with Crippen LogP contribution in [0.4, 0.5) is 9.59 Å². The number of benzene rings is 5. The molecule has 0 aliphatic carbocycles. The number of ether oxygens (including phenoxy) is 2. The number of amides is 6. The number of esters is 2. The Kier molecular flexibility index (Phi) is 11.4. The number of aliphatic imine (C=N–C) groups is 1. The number of primary amides is 1. The smallest absolute Gasteiger partial charge is 0.345 e. The van der Waals surface area contributed by atoms with Crippen molar-refractivity contribution >= 4 is 54.3 Å². The number of carbonyl (C=O) groups excluding carboxylic acids is 6. The monoisotopic (exact) mass is 836 g/mol. The van der Waals surface area contributed by atoms with Gasteiger partial charge >= 0.3 is 24.0 Å². The molecule has 15 heteroatoms. The van der Waals surface area contributed by atoms with E-state index in [1.807, 2.05) is 72.8 Å². The predicted octanol–water partition coefficient (Wildman–Crippen LogP) is 5.38. The average Bonchev–Trinajstić information content (AvgIpc) is 3.84. The van der Waals surface area contributed by atoms with Gasteiger partial charge in [-0.3, -0.25) is 24.3 Å². The van der Waals surface area contributed by atoms with E-state index in [-0.39, 0.29) is 13.1 Å². The summed E-state index contributed by atoms with van der Waals surface area (Å²) in [7, 11) is 0. The van der Waals surface area contributed by atoms with Gasteiger partial charge in [-0.15, -0.1) is 0 Å². The Morgan fingerprint density at radius 3 is 1.57 bits per heavy atom. The number of nitrogens with two attached hydrogens (primary N) is 1. The van der Waals surface area contributed by atoms with Gasteiger partial charge in [-0.25, -0.2) is 19.3 Å². The number of hydrogen-bond donors (Lipinski definition) is 2. The number of imide groups is 1. The maximum Gasteiger partial charge on any atom is 0.345 e. The van der Waals surface area contributed by atoms with E-state index >= 15 is 0 Å². The molecular weight excluding hydrogens is 797 g/mol. The molecule has 308 valence electrons. The van der Waals surface area contributed by atoms with E-state index in [1.54, 1.807) is 78.9 Å². The van der Waals surface area contributed by atoms with E-state index in [2.05, 4.69) is 17.0 Å². The van der Waals surface area contributed by atoms with Gasteiger partial charge in [0.2, 0.25) is 16.7 Å². The molecule has 3 heterocycles. The third-order valence-corrected chi connectivity index (χ3v) is 12.6. The van der Waals surface area contributed by atoms with Crippen LogP contribution in [0.3, 0.4) is 0 Å². The molecule has 14 nitrogen and oxygen atoms in total. The second kappa shape index (κ2) is 17.1. The predicted molar refractivity (Wildman–Crippen MR) is 225 cm³/mol. The molecule has 0 aromatic heterocycles. The SMILES string of the molecule is C=NC1CN([C@]2(C(=O)OC(c3ccccc3)c3ccccc3)CN3C(=O)[C@@H](NC(=O)C(C(=O)OC(c4ccccc4)c4ccccc4)c4ccccc4)[C@H]3S2)C(=O)N1C(N)=O. The summed E-state index contributed by atoms with van der Waals surface area (Å²) in [6.45, 7) is 2.88. The minimum Gasteiger partial charge on any atom is -0.452 e. The number of nitrogens with one attached hydrogen (secondary N) is 1. The number of nitrogens with zero attached hydrogens (tertiary/aromatic N) is 4. The molecule has 0 radical (unpaired) electrons. The van der Waals surface area contributed by atoms with Crippen molar-refractivity contribution in [2.24, 2.45) is 10.7 Å². The third-order valence-electron chi connectivity index (χ3n) is 10.9. The van der Waals surface area contributed by atoms with Gasteiger partial charge < -0.3 is 25.4 Å². The average molecular weight is 837 g/mol. The zero-order valence-corrected chi connectivity index (χ0v) is 33.4. The van der Waals surface area contributed by atoms with Crippen molar-refractivity contribution in [3.05, 3.63) is 179 Å². The standard InChI is InChI=1S/C46H40N6O8S/c1-48-34-27-51(45(58)52(34)44(47)57)46(43(56)60-38(32-23-13-5-14-24-32)33-25-15-6-16-26-33)28-50-40(54)36(41(50)61-46)49-39(53)35(29-17-7-2-8-18-29)42(55)59-37(30-19-9-3-10-20-30)31-21-11-4-12-22-31/h2-26,34-38,41H,1,27-28H2,(H2,47,57)(H,49,53)/t34?,35?,36-,41-,46-/m1/s1. The highest BCUT2D eigenvalue weighted by Crippen LogP contribution is 2.51. The molecule has 3 aliphatic rings. The summed E-state index contributed by atoms with van der Waals surface area (Å²) in [5, 5.41) is 1.86. The minimum atomic E-state index is -1.94. The molecule has 0 saturated carbocycles. The molecule has 2 unspecified atom stereocenters. The largest absolute Gasteiger partial charge is 0.452 e. The highest BCUT2D eigenvalue weighted by Gasteiger charge is 2.68. The lowest BCUT2D eigenvalue weighted by Gasteiger charge is -2.41. The minimum absolute atomic E-state index is 0.285. The van der Waals surface area contributed by atoms with Crippen LogP contribution in [0.5, 0.6) is 0 Å². The lowest BCUT2D eigenvalue weighted by atomic mass is 9.96. The van der Waals surface area contributed by atoms with Gasteiger partial charge in [0.05, 0.1) is 13.1 Å². The maximum atomic E-state index is 14.9. The number of β-lactam (4-membered cyclic amide) rings is 1. The van der Waals surface area contributed by atoms with E-state index in [0.717, 1.165) is 16.7 Å². The third kappa shape index (κ3) is 7.71. The summed E-state index contributed by atoms with van der Waals surface area (Å²) in [6, 6.07) is 41.4. The molecule has 8 rings (SSSR count). The highest BCUT2D eigenvalue weighted by molar-refractivity contribution is 8.02. The van der Waals surface area contributed by atoms with Crippen LogP contribution in [0.25, 0.3) is 0 Å². The fraction of sp³-hybridized carbons (Fsp3) is 0.196. The Balaban J connectivity index is 1.10. The first-order chi connectivity index (χ1) is 29.6. The molecule has 3 N–H and O–H groups in total. The Morgan fingerprint density at radius 1 is 0.705 bits per heavy atom. The Morgan fingerprint density at radius 2 is 1.15 bits per heavy atom. The first-order valence-corrected chi connectivity index (χ1v) is 20.3. The van der Waals surface area contributed by atoms with Crippen LogP contribution in [0.1, 0.15) is 45.9 Å². The van der Waals surface area contributed by atoms with Gasteiger partial charge in [0.15, 0.2) is 24.3 Å². The molecule has 3 aliphatic heterocycles. The van der Waals surface area contributed by atoms with E-state index in [1.165, 1.54) is 4.90 Å². The summed E-state index contributed by atoms with van der Waals surface area (Å²) in [5.74, 6) is -4.61. The van der Waals surface area contributed by atoms with Crippen LogP contribution in [-0.2, 0) is 28.7 Å². The second-order valence-corrected chi connectivity index (χ2v) is 16.0. The molecule has 5 atom stereocenters. The number of rotatable bonds is 13. The Hall–Kier alpha value is -7.26. The van der Waals surface area contributed by atoms with Crippen molar-refractivity contribution in [1.29, 1.82) is 0 Å². The second-order valence-electron chi connectivity index (χ2n) is 14.6. The van der Waals surface area contributed by atoms with Gasteiger partial charge in [-0.1, -0.05) is 163 Å². The van der Waals surface area contributed by atoms with Gasteiger partial charge in [-0.2, -0.15) is 0 Å². The van der Waals surface area contributed by atoms with E-state index < -0.39 is 76.4 Å². The van der Waals surface area contributed by atoms with E-state index in [0.29, 0.717) is 32.7 Å². The van der Waals surface area contributed by atoms with Gasteiger partial charge in [0.1, 0.15) is 11.4 Å². The van der Waals surface area contributed by atoms with Crippen molar-refractivity contribution in [1.82, 2.24) is 20.0 Å². The van der Waals surface area contributed by atoms with Crippen LogP contribution in [-0.4, -0.2) is 92.8 Å². The van der Waals surface area contributed by atoms with Crippen LogP contribution in [0, 0.1) is 0 Å². The fourth-order valence-electron chi connectivity index (χ4n) is 7.89. The molecule has 6 amide bonds. The van der Waals surface area contributed by atoms with Crippen molar-refractivity contribution in [2.45, 2.75) is 40.6 Å². The molecule has 3 fully saturated rings. The quantitative estimate of drug-likeness (QED) is 0.0682. The Bertz CT molecular complexity index is 2370. The normalized spacial score (nSPS) is 21.1. The summed E-state index contributed by atoms with van der Waals surface area (Å²) < 4.78 is 12.5. The molecule has 61 heavy (non-hydrogen) atoms. The zero-order chi connectivity index (χ0) is 42.7. The molecule has 5 aromatic rings. The molecule has 0 spiro atoms. The summed E-state index contributed by atoms with van der Waals surface area (Å²) in [5.41, 5.74) is 8.59. The first-order valence-electron chi connectivity index (χ1n) is 19.4. The summed E-state index contributed by atoms with van der Waals surface area (Å²) in [4.78, 5) is 89.4. The van der Waals surface area contributed by atoms with Crippen molar-refractivity contribution < 1.29 is 38.2 Å². The summed E-state index contributed by atoms with van der Waals surface area (Å²) in [6.07, 6.45) is -2.92. The fourth-order valence-corrected chi connectivity index (χ4v) is 9.55. The van der Waals surface area contributed by atoms with Crippen molar-refractivity contribution in [3.63, 3.8) is 0 Å². The number of thioether (sulfide) groups is 1. The molecular formula is C46H40N6O8S. The van der Waals surface area contributed by atoms with E-state index in [4.69, 9.17) is 15.2 Å².